The van der Waals surface area contributed by atoms with Crippen molar-refractivity contribution in [2.75, 3.05) is 14.2 Å². The summed E-state index contributed by atoms with van der Waals surface area (Å²) in [5.74, 6) is -2.20. The Morgan fingerprint density at radius 3 is 2.14 bits per heavy atom. The number of methoxy groups -OCH3 is 2. The van der Waals surface area contributed by atoms with E-state index in [1.165, 1.54) is 20.3 Å². The van der Waals surface area contributed by atoms with Crippen molar-refractivity contribution in [1.29, 1.82) is 0 Å². The molecule has 22 heavy (non-hydrogen) atoms. The van der Waals surface area contributed by atoms with E-state index in [0.29, 0.717) is 17.1 Å². The van der Waals surface area contributed by atoms with Gasteiger partial charge in [-0.2, -0.15) is 0 Å². The smallest absolute Gasteiger partial charge is 0.210 e. The number of carbonyl (C=O) groups excluding carboxylic acids is 1. The second-order valence-electron chi connectivity index (χ2n) is 4.85. The van der Waals surface area contributed by atoms with Gasteiger partial charge in [-0.1, -0.05) is 36.4 Å². The number of carbonyl (C=O) groups is 1. The van der Waals surface area contributed by atoms with Gasteiger partial charge in [-0.05, 0) is 6.08 Å². The number of benzene rings is 1. The first-order valence-electron chi connectivity index (χ1n) is 6.72. The molecule has 0 bridgehead atoms. The molecule has 1 aromatic carbocycles. The Morgan fingerprint density at radius 2 is 1.64 bits per heavy atom. The molecule has 0 atom stereocenters. The molecular formula is C17H18O5. The Hall–Kier alpha value is -2.37. The van der Waals surface area contributed by atoms with Crippen LogP contribution < -0.4 is 0 Å². The van der Waals surface area contributed by atoms with Gasteiger partial charge >= 0.3 is 0 Å². The fourth-order valence-electron chi connectivity index (χ4n) is 2.22. The lowest BCUT2D eigenvalue weighted by Crippen LogP contribution is -2.30. The zero-order chi connectivity index (χ0) is 16.2. The van der Waals surface area contributed by atoms with Gasteiger partial charge < -0.3 is 19.7 Å². The topological polar surface area (TPSA) is 76.0 Å². The summed E-state index contributed by atoms with van der Waals surface area (Å²) in [5, 5.41) is 19.4. The van der Waals surface area contributed by atoms with Gasteiger partial charge in [0.2, 0.25) is 5.79 Å². The van der Waals surface area contributed by atoms with Gasteiger partial charge in [-0.3, -0.25) is 4.79 Å². The van der Waals surface area contributed by atoms with Crippen LogP contribution in [0.15, 0.2) is 66.2 Å². The lowest BCUT2D eigenvalue weighted by molar-refractivity contribution is -0.0830. The Balaban J connectivity index is 2.25. The fourth-order valence-corrected chi connectivity index (χ4v) is 2.22. The maximum Gasteiger partial charge on any atom is 0.210 e. The maximum atomic E-state index is 12.1. The van der Waals surface area contributed by atoms with E-state index >= 15 is 0 Å². The molecule has 0 saturated carbocycles. The molecule has 5 nitrogen and oxygen atoms in total. The van der Waals surface area contributed by atoms with Crippen molar-refractivity contribution < 1.29 is 24.5 Å². The number of hydrogen-bond donors (Lipinski definition) is 2. The molecule has 1 aliphatic carbocycles. The van der Waals surface area contributed by atoms with Crippen molar-refractivity contribution in [2.24, 2.45) is 5.92 Å². The van der Waals surface area contributed by atoms with Crippen LogP contribution in [0, 0.1) is 5.92 Å². The highest BCUT2D eigenvalue weighted by Gasteiger charge is 2.32. The lowest BCUT2D eigenvalue weighted by atomic mass is 9.94. The van der Waals surface area contributed by atoms with Crippen LogP contribution in [-0.2, 0) is 9.47 Å². The van der Waals surface area contributed by atoms with Crippen LogP contribution in [0.1, 0.15) is 10.4 Å². The van der Waals surface area contributed by atoms with Crippen molar-refractivity contribution in [3.05, 3.63) is 71.7 Å². The average Bonchev–Trinajstić information content (AvgIpc) is 2.52. The van der Waals surface area contributed by atoms with Crippen molar-refractivity contribution in [1.82, 2.24) is 0 Å². The van der Waals surface area contributed by atoms with Gasteiger partial charge in [-0.15, -0.1) is 0 Å². The standard InChI is InChI=1S/C17H18O5/c1-21-15-10-17(19,20)11-16(22-2)13(15)8-9-14(18)12-6-4-3-5-7-12/h3-11,13,19-20H,1-2H3/b9-8+. The molecule has 0 unspecified atom stereocenters. The third-order valence-electron chi connectivity index (χ3n) is 3.29. The van der Waals surface area contributed by atoms with Gasteiger partial charge in [0.05, 0.1) is 20.1 Å². The van der Waals surface area contributed by atoms with E-state index in [9.17, 15) is 15.0 Å². The predicted molar refractivity (Wildman–Crippen MR) is 80.8 cm³/mol. The quantitative estimate of drug-likeness (QED) is 0.493. The summed E-state index contributed by atoms with van der Waals surface area (Å²) in [5.41, 5.74) is 0.569. The van der Waals surface area contributed by atoms with Crippen molar-refractivity contribution in [3.8, 4) is 0 Å². The first-order valence-corrected chi connectivity index (χ1v) is 6.72. The predicted octanol–water partition coefficient (Wildman–Crippen LogP) is 1.80. The number of aliphatic hydroxyl groups is 2. The van der Waals surface area contributed by atoms with E-state index in [1.807, 2.05) is 6.07 Å². The highest BCUT2D eigenvalue weighted by molar-refractivity contribution is 6.04. The van der Waals surface area contributed by atoms with Crippen LogP contribution in [0.2, 0.25) is 0 Å². The van der Waals surface area contributed by atoms with Crippen molar-refractivity contribution in [3.63, 3.8) is 0 Å². The molecule has 2 rings (SSSR count). The average molecular weight is 302 g/mol. The molecule has 0 fully saturated rings. The minimum Gasteiger partial charge on any atom is -0.500 e. The SMILES string of the molecule is COC1=CC(O)(O)C=C(OC)C1/C=C/C(=O)c1ccccc1. The highest BCUT2D eigenvalue weighted by atomic mass is 16.5. The molecule has 116 valence electrons. The number of hydrogen-bond acceptors (Lipinski definition) is 5. The molecule has 0 saturated heterocycles. The molecule has 0 aliphatic heterocycles. The molecule has 0 aromatic heterocycles. The molecule has 0 radical (unpaired) electrons. The summed E-state index contributed by atoms with van der Waals surface area (Å²) in [6.45, 7) is 0. The van der Waals surface area contributed by atoms with Crippen LogP contribution in [-0.4, -0.2) is 36.0 Å². The Kier molecular flexibility index (Phi) is 4.80. The molecule has 0 heterocycles. The third-order valence-corrected chi connectivity index (χ3v) is 3.29. The van der Waals surface area contributed by atoms with E-state index in [2.05, 4.69) is 0 Å². The van der Waals surface area contributed by atoms with Crippen LogP contribution >= 0.6 is 0 Å². The second kappa shape index (κ2) is 6.60. The monoisotopic (exact) mass is 302 g/mol. The van der Waals surface area contributed by atoms with Crippen LogP contribution in [0.3, 0.4) is 0 Å². The van der Waals surface area contributed by atoms with Crippen LogP contribution in [0.5, 0.6) is 0 Å². The van der Waals surface area contributed by atoms with Crippen LogP contribution in [0.25, 0.3) is 0 Å². The molecule has 0 spiro atoms. The van der Waals surface area contributed by atoms with E-state index in [1.54, 1.807) is 30.3 Å². The maximum absolute atomic E-state index is 12.1. The number of ether oxygens (including phenoxy) is 2. The zero-order valence-electron chi connectivity index (χ0n) is 12.4. The third kappa shape index (κ3) is 3.63. The number of allylic oxidation sites excluding steroid dienone is 1. The van der Waals surface area contributed by atoms with Gasteiger partial charge in [-0.25, -0.2) is 0 Å². The molecule has 0 amide bonds. The highest BCUT2D eigenvalue weighted by Crippen LogP contribution is 2.31. The summed E-state index contributed by atoms with van der Waals surface area (Å²) >= 11 is 0. The van der Waals surface area contributed by atoms with Gasteiger partial charge in [0, 0.05) is 17.7 Å². The fraction of sp³-hybridized carbons (Fsp3) is 0.235. The Labute approximate surface area is 128 Å². The zero-order valence-corrected chi connectivity index (χ0v) is 12.4. The Morgan fingerprint density at radius 1 is 1.09 bits per heavy atom. The summed E-state index contributed by atoms with van der Waals surface area (Å²) in [6, 6.07) is 8.85. The molecular weight excluding hydrogens is 284 g/mol. The molecule has 1 aromatic rings. The molecule has 5 heteroatoms. The van der Waals surface area contributed by atoms with E-state index < -0.39 is 11.7 Å². The lowest BCUT2D eigenvalue weighted by Gasteiger charge is -2.27. The van der Waals surface area contributed by atoms with Gasteiger partial charge in [0.1, 0.15) is 11.5 Å². The van der Waals surface area contributed by atoms with E-state index in [0.717, 1.165) is 12.2 Å². The normalized spacial score (nSPS) is 17.8. The number of ketones is 1. The minimum absolute atomic E-state index is 0.156. The first-order chi connectivity index (χ1) is 10.5. The van der Waals surface area contributed by atoms with Gasteiger partial charge in [0.25, 0.3) is 0 Å². The Bertz CT molecular complexity index is 602. The van der Waals surface area contributed by atoms with E-state index in [-0.39, 0.29) is 5.78 Å². The van der Waals surface area contributed by atoms with E-state index in [4.69, 9.17) is 9.47 Å². The summed E-state index contributed by atoms with van der Waals surface area (Å²) in [4.78, 5) is 12.1. The van der Waals surface area contributed by atoms with Crippen molar-refractivity contribution >= 4 is 5.78 Å². The van der Waals surface area contributed by atoms with Gasteiger partial charge in [0.15, 0.2) is 5.78 Å². The summed E-state index contributed by atoms with van der Waals surface area (Å²) < 4.78 is 10.3. The molecule has 2 N–H and O–H groups in total. The second-order valence-corrected chi connectivity index (χ2v) is 4.85. The minimum atomic E-state index is -2.13. The van der Waals surface area contributed by atoms with Crippen molar-refractivity contribution in [2.45, 2.75) is 5.79 Å². The molecule has 1 aliphatic rings. The number of rotatable bonds is 5. The largest absolute Gasteiger partial charge is 0.500 e. The van der Waals surface area contributed by atoms with Crippen LogP contribution in [0.4, 0.5) is 0 Å². The summed E-state index contributed by atoms with van der Waals surface area (Å²) in [7, 11) is 2.83. The first kappa shape index (κ1) is 16.0. The summed E-state index contributed by atoms with van der Waals surface area (Å²) in [6.07, 6.45) is 5.35.